The number of nitrogens with zero attached hydrogens (tertiary/aromatic N) is 2. The second kappa shape index (κ2) is 5.20. The summed E-state index contributed by atoms with van der Waals surface area (Å²) < 4.78 is 15.6. The number of hydrogen-bond donors (Lipinski definition) is 1. The molecule has 0 atom stereocenters. The molecule has 3 rings (SSSR count). The first-order chi connectivity index (χ1) is 10.1. The van der Waals surface area contributed by atoms with Crippen molar-refractivity contribution >= 4 is 5.97 Å². The van der Waals surface area contributed by atoms with E-state index in [4.69, 9.17) is 5.11 Å². The molecule has 0 saturated heterocycles. The topological polar surface area (TPSA) is 55.1 Å². The number of carboxylic acid groups (broad SMARTS) is 1. The van der Waals surface area contributed by atoms with Gasteiger partial charge in [-0.15, -0.1) is 0 Å². The van der Waals surface area contributed by atoms with Crippen molar-refractivity contribution in [2.24, 2.45) is 0 Å². The predicted molar refractivity (Wildman–Crippen MR) is 75.9 cm³/mol. The molecule has 1 N–H and O–H groups in total. The van der Waals surface area contributed by atoms with E-state index in [0.29, 0.717) is 11.1 Å². The first kappa shape index (κ1) is 13.1. The van der Waals surface area contributed by atoms with Crippen LogP contribution >= 0.6 is 0 Å². The Balaban J connectivity index is 1.99. The summed E-state index contributed by atoms with van der Waals surface area (Å²) in [5.41, 5.74) is 1.70. The molecule has 0 spiro atoms. The summed E-state index contributed by atoms with van der Waals surface area (Å²) in [5.74, 6) is -1.73. The Morgan fingerprint density at radius 2 is 1.90 bits per heavy atom. The van der Waals surface area contributed by atoms with Crippen molar-refractivity contribution in [2.45, 2.75) is 0 Å². The van der Waals surface area contributed by atoms with Gasteiger partial charge >= 0.3 is 5.97 Å². The second-order valence-electron chi connectivity index (χ2n) is 4.51. The molecule has 0 amide bonds. The van der Waals surface area contributed by atoms with Gasteiger partial charge < -0.3 is 5.11 Å². The zero-order chi connectivity index (χ0) is 14.8. The number of halogens is 1. The van der Waals surface area contributed by atoms with Crippen LogP contribution in [0.2, 0.25) is 0 Å². The minimum Gasteiger partial charge on any atom is -0.478 e. The van der Waals surface area contributed by atoms with Crippen LogP contribution in [0.25, 0.3) is 16.8 Å². The minimum absolute atomic E-state index is 0.0771. The monoisotopic (exact) mass is 282 g/mol. The first-order valence-electron chi connectivity index (χ1n) is 6.28. The molecule has 0 unspecified atom stereocenters. The van der Waals surface area contributed by atoms with Crippen molar-refractivity contribution in [1.82, 2.24) is 9.78 Å². The van der Waals surface area contributed by atoms with Crippen molar-refractivity contribution in [2.75, 3.05) is 0 Å². The van der Waals surface area contributed by atoms with Gasteiger partial charge in [0.25, 0.3) is 0 Å². The van der Waals surface area contributed by atoms with E-state index in [1.165, 1.54) is 12.1 Å². The molecule has 2 aromatic carbocycles. The number of carbonyl (C=O) groups is 1. The number of hydrogen-bond acceptors (Lipinski definition) is 2. The normalized spacial score (nSPS) is 10.5. The molecule has 1 heterocycles. The van der Waals surface area contributed by atoms with Gasteiger partial charge in [0.15, 0.2) is 0 Å². The smallest absolute Gasteiger partial charge is 0.335 e. The molecule has 0 aliphatic carbocycles. The van der Waals surface area contributed by atoms with Crippen LogP contribution in [-0.4, -0.2) is 20.9 Å². The molecule has 3 aromatic rings. The third kappa shape index (κ3) is 2.53. The molecule has 0 aliphatic rings. The number of rotatable bonds is 3. The maximum atomic E-state index is 14.0. The maximum absolute atomic E-state index is 14.0. The average molecular weight is 282 g/mol. The summed E-state index contributed by atoms with van der Waals surface area (Å²) in [5, 5.41) is 13.0. The Morgan fingerprint density at radius 1 is 1.14 bits per heavy atom. The van der Waals surface area contributed by atoms with Gasteiger partial charge in [-0.25, -0.2) is 13.9 Å². The number of benzene rings is 2. The molecule has 0 fully saturated rings. The molecule has 1 aromatic heterocycles. The highest BCUT2D eigenvalue weighted by molar-refractivity contribution is 5.88. The van der Waals surface area contributed by atoms with Crippen LogP contribution in [-0.2, 0) is 0 Å². The van der Waals surface area contributed by atoms with Gasteiger partial charge in [-0.1, -0.05) is 24.3 Å². The highest BCUT2D eigenvalue weighted by atomic mass is 19.1. The summed E-state index contributed by atoms with van der Waals surface area (Å²) in [6.07, 6.45) is 3.25. The van der Waals surface area contributed by atoms with Gasteiger partial charge in [0.2, 0.25) is 0 Å². The molecule has 0 bridgehead atoms. The Labute approximate surface area is 120 Å². The van der Waals surface area contributed by atoms with Gasteiger partial charge in [-0.05, 0) is 24.3 Å². The standard InChI is InChI=1S/C16H11FN2O2/c17-15-8-11(16(20)21)6-7-14(15)12-9-18-19(10-12)13-4-2-1-3-5-13/h1-10H,(H,20,21). The lowest BCUT2D eigenvalue weighted by atomic mass is 10.1. The van der Waals surface area contributed by atoms with Crippen molar-refractivity contribution in [3.63, 3.8) is 0 Å². The molecule has 0 saturated carbocycles. The number of carboxylic acids is 1. The van der Waals surface area contributed by atoms with E-state index in [1.54, 1.807) is 17.1 Å². The van der Waals surface area contributed by atoms with Gasteiger partial charge in [0, 0.05) is 17.3 Å². The number of aromatic nitrogens is 2. The lowest BCUT2D eigenvalue weighted by molar-refractivity contribution is 0.0696. The second-order valence-corrected chi connectivity index (χ2v) is 4.51. The van der Waals surface area contributed by atoms with Crippen LogP contribution < -0.4 is 0 Å². The minimum atomic E-state index is -1.15. The summed E-state index contributed by atoms with van der Waals surface area (Å²) >= 11 is 0. The van der Waals surface area contributed by atoms with E-state index < -0.39 is 11.8 Å². The third-order valence-corrected chi connectivity index (χ3v) is 3.13. The van der Waals surface area contributed by atoms with Gasteiger partial charge in [0.05, 0.1) is 17.4 Å². The lowest BCUT2D eigenvalue weighted by Crippen LogP contribution is -1.97. The fraction of sp³-hybridized carbons (Fsp3) is 0. The molecule has 4 nitrogen and oxygen atoms in total. The van der Waals surface area contributed by atoms with Crippen molar-refractivity contribution in [3.8, 4) is 16.8 Å². The highest BCUT2D eigenvalue weighted by Crippen LogP contribution is 2.24. The Kier molecular flexibility index (Phi) is 3.23. The predicted octanol–water partition coefficient (Wildman–Crippen LogP) is 3.38. The molecule has 21 heavy (non-hydrogen) atoms. The first-order valence-corrected chi connectivity index (χ1v) is 6.28. The van der Waals surface area contributed by atoms with Crippen LogP contribution in [0.15, 0.2) is 60.9 Å². The van der Waals surface area contributed by atoms with Crippen LogP contribution in [0.3, 0.4) is 0 Å². The van der Waals surface area contributed by atoms with E-state index in [9.17, 15) is 9.18 Å². The summed E-state index contributed by atoms with van der Waals surface area (Å²) in [6, 6.07) is 13.3. The number of para-hydroxylation sites is 1. The van der Waals surface area contributed by atoms with Crippen molar-refractivity contribution in [3.05, 3.63) is 72.3 Å². The number of aromatic carboxylic acids is 1. The summed E-state index contributed by atoms with van der Waals surface area (Å²) in [6.45, 7) is 0. The van der Waals surface area contributed by atoms with E-state index in [1.807, 2.05) is 30.3 Å². The quantitative estimate of drug-likeness (QED) is 0.801. The molecular weight excluding hydrogens is 271 g/mol. The van der Waals surface area contributed by atoms with Crippen LogP contribution in [0.4, 0.5) is 4.39 Å². The zero-order valence-corrected chi connectivity index (χ0v) is 10.9. The lowest BCUT2D eigenvalue weighted by Gasteiger charge is -2.02. The fourth-order valence-electron chi connectivity index (χ4n) is 2.07. The van der Waals surface area contributed by atoms with Gasteiger partial charge in [0.1, 0.15) is 5.82 Å². The van der Waals surface area contributed by atoms with E-state index in [2.05, 4.69) is 5.10 Å². The maximum Gasteiger partial charge on any atom is 0.335 e. The zero-order valence-electron chi connectivity index (χ0n) is 10.9. The highest BCUT2D eigenvalue weighted by Gasteiger charge is 2.11. The average Bonchev–Trinajstić information content (AvgIpc) is 2.97. The summed E-state index contributed by atoms with van der Waals surface area (Å²) in [7, 11) is 0. The largest absolute Gasteiger partial charge is 0.478 e. The Morgan fingerprint density at radius 3 is 2.57 bits per heavy atom. The fourth-order valence-corrected chi connectivity index (χ4v) is 2.07. The Bertz CT molecular complexity index is 797. The third-order valence-electron chi connectivity index (χ3n) is 3.13. The molecule has 5 heteroatoms. The van der Waals surface area contributed by atoms with Gasteiger partial charge in [-0.3, -0.25) is 0 Å². The molecular formula is C16H11FN2O2. The van der Waals surface area contributed by atoms with E-state index in [-0.39, 0.29) is 5.56 Å². The van der Waals surface area contributed by atoms with Crippen LogP contribution in [0, 0.1) is 5.82 Å². The van der Waals surface area contributed by atoms with E-state index in [0.717, 1.165) is 11.8 Å². The van der Waals surface area contributed by atoms with Gasteiger partial charge in [-0.2, -0.15) is 5.10 Å². The SMILES string of the molecule is O=C(O)c1ccc(-c2cnn(-c3ccccc3)c2)c(F)c1. The van der Waals surface area contributed by atoms with Crippen molar-refractivity contribution in [1.29, 1.82) is 0 Å². The molecule has 104 valence electrons. The van der Waals surface area contributed by atoms with Crippen LogP contribution in [0.1, 0.15) is 10.4 Å². The Hall–Kier alpha value is -2.95. The molecule has 0 radical (unpaired) electrons. The molecule has 0 aliphatic heterocycles. The van der Waals surface area contributed by atoms with Crippen molar-refractivity contribution < 1.29 is 14.3 Å². The summed E-state index contributed by atoms with van der Waals surface area (Å²) in [4.78, 5) is 10.8. The van der Waals surface area contributed by atoms with E-state index >= 15 is 0 Å². The van der Waals surface area contributed by atoms with Crippen LogP contribution in [0.5, 0.6) is 0 Å².